The number of aromatic nitrogens is 2. The van der Waals surface area contributed by atoms with Gasteiger partial charge in [0.05, 0.1) is 12.7 Å². The van der Waals surface area contributed by atoms with E-state index in [0.29, 0.717) is 28.7 Å². The van der Waals surface area contributed by atoms with Crippen LogP contribution in [0.25, 0.3) is 11.5 Å². The Bertz CT molecular complexity index is 494. The summed E-state index contributed by atoms with van der Waals surface area (Å²) in [5.41, 5.74) is 7.13. The fourth-order valence-electron chi connectivity index (χ4n) is 1.35. The first kappa shape index (κ1) is 10.5. The summed E-state index contributed by atoms with van der Waals surface area (Å²) in [6, 6.07) is 5.32. The summed E-state index contributed by atoms with van der Waals surface area (Å²) in [5.74, 6) is 1.80. The number of rotatable bonds is 3. The van der Waals surface area contributed by atoms with Crippen molar-refractivity contribution in [2.75, 3.05) is 12.8 Å². The van der Waals surface area contributed by atoms with Gasteiger partial charge in [-0.05, 0) is 18.2 Å². The molecule has 0 spiro atoms. The Hall–Kier alpha value is -2.04. The lowest BCUT2D eigenvalue weighted by Gasteiger charge is -2.03. The number of aryl methyl sites for hydroxylation is 1. The third-order valence-corrected chi connectivity index (χ3v) is 2.28. The summed E-state index contributed by atoms with van der Waals surface area (Å²) in [5, 5.41) is 3.83. The fraction of sp³-hybridized carbons (Fsp3) is 0.273. The van der Waals surface area contributed by atoms with E-state index < -0.39 is 0 Å². The number of benzene rings is 1. The van der Waals surface area contributed by atoms with Crippen LogP contribution < -0.4 is 10.5 Å². The van der Waals surface area contributed by atoms with Crippen molar-refractivity contribution < 1.29 is 9.26 Å². The molecule has 0 bridgehead atoms. The van der Waals surface area contributed by atoms with Gasteiger partial charge in [0.1, 0.15) is 5.75 Å². The van der Waals surface area contributed by atoms with E-state index in [1.807, 2.05) is 6.92 Å². The van der Waals surface area contributed by atoms with E-state index in [4.69, 9.17) is 15.0 Å². The molecule has 16 heavy (non-hydrogen) atoms. The molecule has 0 saturated carbocycles. The van der Waals surface area contributed by atoms with Crippen LogP contribution in [0.4, 0.5) is 5.69 Å². The molecule has 0 atom stereocenters. The quantitative estimate of drug-likeness (QED) is 0.798. The third kappa shape index (κ3) is 1.84. The van der Waals surface area contributed by atoms with E-state index in [0.717, 1.165) is 6.42 Å². The van der Waals surface area contributed by atoms with Gasteiger partial charge in [-0.2, -0.15) is 4.98 Å². The lowest BCUT2D eigenvalue weighted by molar-refractivity contribution is 0.412. The van der Waals surface area contributed by atoms with Crippen molar-refractivity contribution in [1.82, 2.24) is 10.1 Å². The maximum absolute atomic E-state index is 5.84. The number of nitrogens with zero attached hydrogens (tertiary/aromatic N) is 2. The average molecular weight is 219 g/mol. The van der Waals surface area contributed by atoms with Crippen molar-refractivity contribution in [2.45, 2.75) is 13.3 Å². The van der Waals surface area contributed by atoms with Crippen molar-refractivity contribution >= 4 is 5.69 Å². The molecule has 0 radical (unpaired) electrons. The molecule has 0 unspecified atom stereocenters. The predicted molar refractivity (Wildman–Crippen MR) is 60.1 cm³/mol. The maximum Gasteiger partial charge on any atom is 0.260 e. The Morgan fingerprint density at radius 2 is 2.25 bits per heavy atom. The second kappa shape index (κ2) is 4.22. The van der Waals surface area contributed by atoms with Gasteiger partial charge in [0.25, 0.3) is 5.89 Å². The molecule has 2 N–H and O–H groups in total. The van der Waals surface area contributed by atoms with E-state index >= 15 is 0 Å². The second-order valence-electron chi connectivity index (χ2n) is 3.32. The second-order valence-corrected chi connectivity index (χ2v) is 3.32. The summed E-state index contributed by atoms with van der Waals surface area (Å²) in [4.78, 5) is 4.22. The highest BCUT2D eigenvalue weighted by atomic mass is 16.5. The number of hydrogen-bond donors (Lipinski definition) is 1. The van der Waals surface area contributed by atoms with Gasteiger partial charge in [-0.25, -0.2) is 0 Å². The summed E-state index contributed by atoms with van der Waals surface area (Å²) < 4.78 is 10.2. The SMILES string of the molecule is CCc1noc(-c2cc(OC)ccc2N)n1. The molecular weight excluding hydrogens is 206 g/mol. The molecule has 0 saturated heterocycles. The molecule has 2 rings (SSSR count). The Morgan fingerprint density at radius 3 is 2.88 bits per heavy atom. The molecule has 2 aromatic rings. The van der Waals surface area contributed by atoms with Crippen LogP contribution in [0.15, 0.2) is 22.7 Å². The number of nitrogens with two attached hydrogens (primary N) is 1. The lowest BCUT2D eigenvalue weighted by atomic mass is 10.1. The zero-order valence-electron chi connectivity index (χ0n) is 9.23. The maximum atomic E-state index is 5.84. The Balaban J connectivity index is 2.45. The van der Waals surface area contributed by atoms with Gasteiger partial charge in [-0.3, -0.25) is 0 Å². The smallest absolute Gasteiger partial charge is 0.260 e. The minimum Gasteiger partial charge on any atom is -0.497 e. The fourth-order valence-corrected chi connectivity index (χ4v) is 1.35. The Morgan fingerprint density at radius 1 is 1.44 bits per heavy atom. The minimum absolute atomic E-state index is 0.424. The summed E-state index contributed by atoms with van der Waals surface area (Å²) >= 11 is 0. The third-order valence-electron chi connectivity index (χ3n) is 2.28. The topological polar surface area (TPSA) is 74.2 Å². The molecule has 84 valence electrons. The van der Waals surface area contributed by atoms with Crippen molar-refractivity contribution in [2.24, 2.45) is 0 Å². The molecule has 0 aliphatic heterocycles. The van der Waals surface area contributed by atoms with Crippen LogP contribution >= 0.6 is 0 Å². The molecule has 1 aromatic heterocycles. The Kier molecular flexibility index (Phi) is 2.76. The standard InChI is InChI=1S/C11H13N3O2/c1-3-10-13-11(16-14-10)8-6-7(15-2)4-5-9(8)12/h4-6H,3,12H2,1-2H3. The van der Waals surface area contributed by atoms with Crippen LogP contribution in [0, 0.1) is 0 Å². The highest BCUT2D eigenvalue weighted by molar-refractivity contribution is 5.72. The van der Waals surface area contributed by atoms with Gasteiger partial charge in [-0.1, -0.05) is 12.1 Å². The average Bonchev–Trinajstić information content (AvgIpc) is 2.78. The van der Waals surface area contributed by atoms with Crippen LogP contribution in [0.3, 0.4) is 0 Å². The van der Waals surface area contributed by atoms with Gasteiger partial charge in [0.15, 0.2) is 5.82 Å². The summed E-state index contributed by atoms with van der Waals surface area (Å²) in [7, 11) is 1.60. The van der Waals surface area contributed by atoms with Crippen molar-refractivity contribution in [3.8, 4) is 17.2 Å². The van der Waals surface area contributed by atoms with Crippen LogP contribution in [-0.4, -0.2) is 17.3 Å². The molecule has 5 heteroatoms. The highest BCUT2D eigenvalue weighted by Crippen LogP contribution is 2.28. The molecule has 1 aromatic carbocycles. The van der Waals surface area contributed by atoms with E-state index in [1.165, 1.54) is 0 Å². The van der Waals surface area contributed by atoms with Crippen molar-refractivity contribution in [3.05, 3.63) is 24.0 Å². The number of ether oxygens (including phenoxy) is 1. The van der Waals surface area contributed by atoms with Gasteiger partial charge >= 0.3 is 0 Å². The normalized spacial score (nSPS) is 10.4. The van der Waals surface area contributed by atoms with Crippen LogP contribution in [-0.2, 0) is 6.42 Å². The van der Waals surface area contributed by atoms with Crippen LogP contribution in [0.5, 0.6) is 5.75 Å². The van der Waals surface area contributed by atoms with Gasteiger partial charge in [0.2, 0.25) is 0 Å². The molecular formula is C11H13N3O2. The number of nitrogen functional groups attached to an aromatic ring is 1. The lowest BCUT2D eigenvalue weighted by Crippen LogP contribution is -1.92. The molecule has 0 fully saturated rings. The van der Waals surface area contributed by atoms with Crippen molar-refractivity contribution in [1.29, 1.82) is 0 Å². The molecule has 5 nitrogen and oxygen atoms in total. The first-order valence-corrected chi connectivity index (χ1v) is 5.01. The molecule has 0 amide bonds. The van der Waals surface area contributed by atoms with Gasteiger partial charge in [0, 0.05) is 12.1 Å². The number of hydrogen-bond acceptors (Lipinski definition) is 5. The summed E-state index contributed by atoms with van der Waals surface area (Å²) in [6.07, 6.45) is 0.730. The first-order chi connectivity index (χ1) is 7.74. The van der Waals surface area contributed by atoms with Crippen LogP contribution in [0.1, 0.15) is 12.7 Å². The zero-order valence-corrected chi connectivity index (χ0v) is 9.23. The number of methoxy groups -OCH3 is 1. The van der Waals surface area contributed by atoms with Crippen molar-refractivity contribution in [3.63, 3.8) is 0 Å². The van der Waals surface area contributed by atoms with E-state index in [9.17, 15) is 0 Å². The molecule has 1 heterocycles. The first-order valence-electron chi connectivity index (χ1n) is 5.01. The molecule has 0 aliphatic rings. The van der Waals surface area contributed by atoms with Gasteiger partial charge < -0.3 is 15.0 Å². The summed E-state index contributed by atoms with van der Waals surface area (Å²) in [6.45, 7) is 1.96. The highest BCUT2D eigenvalue weighted by Gasteiger charge is 2.11. The van der Waals surface area contributed by atoms with E-state index in [-0.39, 0.29) is 0 Å². The number of anilines is 1. The predicted octanol–water partition coefficient (Wildman–Crippen LogP) is 1.89. The zero-order chi connectivity index (χ0) is 11.5. The minimum atomic E-state index is 0.424. The monoisotopic (exact) mass is 219 g/mol. The largest absolute Gasteiger partial charge is 0.497 e. The van der Waals surface area contributed by atoms with Gasteiger partial charge in [-0.15, -0.1) is 0 Å². The van der Waals surface area contributed by atoms with Crippen LogP contribution in [0.2, 0.25) is 0 Å². The molecule has 0 aliphatic carbocycles. The van der Waals surface area contributed by atoms with E-state index in [2.05, 4.69) is 10.1 Å². The Labute approximate surface area is 93.2 Å². The van der Waals surface area contributed by atoms with E-state index in [1.54, 1.807) is 25.3 Å².